The van der Waals surface area contributed by atoms with Crippen LogP contribution in [-0.2, 0) is 16.2 Å². The molecule has 0 bridgehead atoms. The number of anilines is 2. The van der Waals surface area contributed by atoms with Gasteiger partial charge in [-0.15, -0.1) is 0 Å². The van der Waals surface area contributed by atoms with Crippen LogP contribution in [0.15, 0.2) is 18.2 Å². The summed E-state index contributed by atoms with van der Waals surface area (Å²) in [6.07, 6.45) is -4.71. The molecule has 0 aromatic heterocycles. The molecule has 9 heteroatoms. The lowest BCUT2D eigenvalue weighted by molar-refractivity contribution is -0.137. The lowest BCUT2D eigenvalue weighted by Gasteiger charge is -2.21. The second-order valence-electron chi connectivity index (χ2n) is 5.16. The molecule has 1 aromatic rings. The van der Waals surface area contributed by atoms with Gasteiger partial charge in [0.25, 0.3) is 0 Å². The number of hydrogen-bond donors (Lipinski definition) is 2. The monoisotopic (exact) mass is 338 g/mol. The van der Waals surface area contributed by atoms with Crippen LogP contribution in [0, 0.1) is 0 Å². The third-order valence-corrected chi connectivity index (χ3v) is 4.73. The third-order valence-electron chi connectivity index (χ3n) is 3.43. The van der Waals surface area contributed by atoms with Crippen LogP contribution in [0.2, 0.25) is 0 Å². The predicted molar refractivity (Wildman–Crippen MR) is 77.4 cm³/mol. The largest absolute Gasteiger partial charge is 0.416 e. The summed E-state index contributed by atoms with van der Waals surface area (Å²) in [5, 5.41) is 9.51. The lowest BCUT2D eigenvalue weighted by atomic mass is 10.1. The summed E-state index contributed by atoms with van der Waals surface area (Å²) in [6, 6.07) is 3.07. The van der Waals surface area contributed by atoms with Gasteiger partial charge in [0, 0.05) is 18.8 Å². The first-order chi connectivity index (χ1) is 10.1. The maximum Gasteiger partial charge on any atom is 0.416 e. The van der Waals surface area contributed by atoms with E-state index in [2.05, 4.69) is 4.72 Å². The molecule has 0 spiro atoms. The van der Waals surface area contributed by atoms with Crippen molar-refractivity contribution in [3.8, 4) is 0 Å². The highest BCUT2D eigenvalue weighted by Crippen LogP contribution is 2.35. The molecule has 0 saturated carbocycles. The first-order valence-electron chi connectivity index (χ1n) is 6.76. The third kappa shape index (κ3) is 4.04. The highest BCUT2D eigenvalue weighted by molar-refractivity contribution is 7.92. The van der Waals surface area contributed by atoms with E-state index >= 15 is 0 Å². The van der Waals surface area contributed by atoms with Gasteiger partial charge in [0.15, 0.2) is 0 Å². The summed E-state index contributed by atoms with van der Waals surface area (Å²) in [4.78, 5) is 1.60. The molecule has 1 aliphatic rings. The van der Waals surface area contributed by atoms with Crippen molar-refractivity contribution in [2.45, 2.75) is 25.6 Å². The minimum atomic E-state index is -4.58. The van der Waals surface area contributed by atoms with Crippen molar-refractivity contribution in [1.29, 1.82) is 0 Å². The molecule has 1 atom stereocenters. The van der Waals surface area contributed by atoms with Gasteiger partial charge in [-0.05, 0) is 31.5 Å². The van der Waals surface area contributed by atoms with Gasteiger partial charge in [-0.2, -0.15) is 13.2 Å². The molecule has 1 fully saturated rings. The van der Waals surface area contributed by atoms with Crippen LogP contribution in [0.25, 0.3) is 0 Å². The second kappa shape index (κ2) is 5.96. The van der Waals surface area contributed by atoms with E-state index in [0.29, 0.717) is 13.0 Å². The molecule has 22 heavy (non-hydrogen) atoms. The topological polar surface area (TPSA) is 69.6 Å². The van der Waals surface area contributed by atoms with Crippen LogP contribution in [0.5, 0.6) is 0 Å². The lowest BCUT2D eigenvalue weighted by Crippen LogP contribution is -2.22. The highest BCUT2D eigenvalue weighted by Gasteiger charge is 2.32. The maximum atomic E-state index is 13.0. The van der Waals surface area contributed by atoms with Crippen molar-refractivity contribution in [3.63, 3.8) is 0 Å². The number of benzene rings is 1. The van der Waals surface area contributed by atoms with Crippen LogP contribution in [0.4, 0.5) is 24.5 Å². The van der Waals surface area contributed by atoms with Crippen molar-refractivity contribution in [2.75, 3.05) is 28.5 Å². The van der Waals surface area contributed by atoms with Gasteiger partial charge in [0.2, 0.25) is 10.0 Å². The minimum absolute atomic E-state index is 0.131. The zero-order chi connectivity index (χ0) is 16.5. The smallest absolute Gasteiger partial charge is 0.391 e. The minimum Gasteiger partial charge on any atom is -0.391 e. The summed E-state index contributed by atoms with van der Waals surface area (Å²) in [7, 11) is -3.67. The first kappa shape index (κ1) is 16.9. The molecule has 1 aliphatic heterocycles. The maximum absolute atomic E-state index is 13.0. The number of rotatable bonds is 4. The average Bonchev–Trinajstić information content (AvgIpc) is 2.83. The Labute approximate surface area is 126 Å². The number of sulfonamides is 1. The van der Waals surface area contributed by atoms with Crippen LogP contribution in [-0.4, -0.2) is 38.5 Å². The predicted octanol–water partition coefficient (Wildman–Crippen LogP) is 2.04. The van der Waals surface area contributed by atoms with Gasteiger partial charge >= 0.3 is 6.18 Å². The quantitative estimate of drug-likeness (QED) is 0.881. The Balaban J connectivity index is 2.41. The van der Waals surface area contributed by atoms with E-state index in [-0.39, 0.29) is 23.7 Å². The average molecular weight is 338 g/mol. The fraction of sp³-hybridized carbons (Fsp3) is 0.538. The van der Waals surface area contributed by atoms with Crippen LogP contribution >= 0.6 is 0 Å². The van der Waals surface area contributed by atoms with E-state index < -0.39 is 27.9 Å². The Morgan fingerprint density at radius 3 is 2.55 bits per heavy atom. The fourth-order valence-corrected chi connectivity index (χ4v) is 2.87. The zero-order valence-electron chi connectivity index (χ0n) is 11.9. The molecular weight excluding hydrogens is 321 g/mol. The number of halogens is 3. The molecule has 0 amide bonds. The van der Waals surface area contributed by atoms with E-state index in [1.807, 2.05) is 0 Å². The van der Waals surface area contributed by atoms with Gasteiger partial charge < -0.3 is 10.0 Å². The SMILES string of the molecule is CCS(=O)(=O)Nc1cc(N2CCC(O)C2)cc(C(F)(F)F)c1. The molecule has 1 unspecified atom stereocenters. The standard InChI is InChI=1S/C13H17F3N2O3S/c1-2-22(20,21)17-10-5-9(13(14,15)16)6-11(7-10)18-4-3-12(19)8-18/h5-7,12,17,19H,2-4,8H2,1H3. The van der Waals surface area contributed by atoms with Gasteiger partial charge in [-0.1, -0.05) is 0 Å². The summed E-state index contributed by atoms with van der Waals surface area (Å²) in [6.45, 7) is 2.04. The fourth-order valence-electron chi connectivity index (χ4n) is 2.24. The number of hydrogen-bond acceptors (Lipinski definition) is 4. The Bertz CT molecular complexity index is 646. The zero-order valence-corrected chi connectivity index (χ0v) is 12.7. The van der Waals surface area contributed by atoms with E-state index in [1.54, 1.807) is 4.90 Å². The molecule has 2 rings (SSSR count). The second-order valence-corrected chi connectivity index (χ2v) is 7.17. The summed E-state index contributed by atoms with van der Waals surface area (Å²) in [5.41, 5.74) is -0.826. The number of nitrogens with zero attached hydrogens (tertiary/aromatic N) is 1. The number of aliphatic hydroxyl groups excluding tert-OH is 1. The highest BCUT2D eigenvalue weighted by atomic mass is 32.2. The molecular formula is C13H17F3N2O3S. The molecule has 124 valence electrons. The molecule has 1 aromatic carbocycles. The van der Waals surface area contributed by atoms with Crippen molar-refractivity contribution in [2.24, 2.45) is 0 Å². The van der Waals surface area contributed by atoms with E-state index in [0.717, 1.165) is 12.1 Å². The molecule has 0 aliphatic carbocycles. The number of nitrogens with one attached hydrogen (secondary N) is 1. The number of β-amino-alcohol motifs (C(OH)–C–C–N with tert-alkyl or cyclic N) is 1. The van der Waals surface area contributed by atoms with Gasteiger partial charge in [0.1, 0.15) is 0 Å². The van der Waals surface area contributed by atoms with E-state index in [1.165, 1.54) is 13.0 Å². The summed E-state index contributed by atoms with van der Waals surface area (Å²) in [5.74, 6) is -0.235. The number of aliphatic hydroxyl groups is 1. The van der Waals surface area contributed by atoms with E-state index in [9.17, 15) is 26.7 Å². The van der Waals surface area contributed by atoms with E-state index in [4.69, 9.17) is 0 Å². The molecule has 5 nitrogen and oxygen atoms in total. The molecule has 1 heterocycles. The first-order valence-corrected chi connectivity index (χ1v) is 8.42. The summed E-state index contributed by atoms with van der Waals surface area (Å²) >= 11 is 0. The summed E-state index contributed by atoms with van der Waals surface area (Å²) < 4.78 is 64.2. The Hall–Kier alpha value is -1.48. The normalized spacial score (nSPS) is 19.5. The van der Waals surface area contributed by atoms with Crippen LogP contribution in [0.3, 0.4) is 0 Å². The van der Waals surface area contributed by atoms with Gasteiger partial charge in [0.05, 0.1) is 23.1 Å². The van der Waals surface area contributed by atoms with Crippen LogP contribution in [0.1, 0.15) is 18.9 Å². The number of alkyl halides is 3. The van der Waals surface area contributed by atoms with Crippen molar-refractivity contribution >= 4 is 21.4 Å². The van der Waals surface area contributed by atoms with Crippen molar-refractivity contribution in [3.05, 3.63) is 23.8 Å². The Morgan fingerprint density at radius 1 is 1.36 bits per heavy atom. The molecule has 2 N–H and O–H groups in total. The van der Waals surface area contributed by atoms with Crippen molar-refractivity contribution in [1.82, 2.24) is 0 Å². The van der Waals surface area contributed by atoms with Gasteiger partial charge in [-0.25, -0.2) is 8.42 Å². The molecule has 1 saturated heterocycles. The molecule has 0 radical (unpaired) electrons. The van der Waals surface area contributed by atoms with Crippen LogP contribution < -0.4 is 9.62 Å². The van der Waals surface area contributed by atoms with Gasteiger partial charge in [-0.3, -0.25) is 4.72 Å². The Kier molecular flexibility index (Phi) is 4.57. The van der Waals surface area contributed by atoms with Crippen molar-refractivity contribution < 1.29 is 26.7 Å². The Morgan fingerprint density at radius 2 is 2.05 bits per heavy atom.